The van der Waals surface area contributed by atoms with Crippen LogP contribution in [0, 0.1) is 17.8 Å². The van der Waals surface area contributed by atoms with E-state index in [-0.39, 0.29) is 5.91 Å². The van der Waals surface area contributed by atoms with Crippen molar-refractivity contribution < 1.29 is 4.79 Å². The van der Waals surface area contributed by atoms with Crippen LogP contribution in [-0.2, 0) is 10.3 Å². The number of hydrogen-bond acceptors (Lipinski definition) is 4. The zero-order valence-corrected chi connectivity index (χ0v) is 12.8. The van der Waals surface area contributed by atoms with Crippen LogP contribution in [0.4, 0.5) is 0 Å². The summed E-state index contributed by atoms with van der Waals surface area (Å²) in [6, 6.07) is 0. The van der Waals surface area contributed by atoms with E-state index in [1.165, 1.54) is 19.3 Å². The Kier molecular flexibility index (Phi) is 3.47. The Morgan fingerprint density at radius 1 is 1.23 bits per heavy atom. The number of carbonyl (C=O) groups is 1. The molecule has 6 nitrogen and oxygen atoms in total. The van der Waals surface area contributed by atoms with Gasteiger partial charge in [-0.15, -0.1) is 5.10 Å². The number of allylic oxidation sites excluding steroid dienone is 2. The van der Waals surface area contributed by atoms with E-state index >= 15 is 0 Å². The number of carbonyl (C=O) groups excluding carboxylic acids is 1. The molecular formula is C16H23N5O. The van der Waals surface area contributed by atoms with E-state index in [1.807, 2.05) is 0 Å². The minimum Gasteiger partial charge on any atom is -0.354 e. The summed E-state index contributed by atoms with van der Waals surface area (Å²) in [5.41, 5.74) is -0.574. The first-order chi connectivity index (χ1) is 10.8. The standard InChI is InChI=1S/C16H23N5O/c22-15(17-10-14-9-12-4-5-13(14)8-12)16(6-2-1-3-7-16)21-11-18-19-20-21/h4-5,11-14H,1-3,6-10H2,(H,17,22)/t12-,13+,14+/m0/s1. The molecule has 3 aliphatic rings. The van der Waals surface area contributed by atoms with Gasteiger partial charge >= 0.3 is 0 Å². The van der Waals surface area contributed by atoms with Gasteiger partial charge in [0.25, 0.3) is 0 Å². The van der Waals surface area contributed by atoms with Gasteiger partial charge in [0.2, 0.25) is 5.91 Å². The summed E-state index contributed by atoms with van der Waals surface area (Å²) < 4.78 is 1.68. The Hall–Kier alpha value is -1.72. The fourth-order valence-electron chi connectivity index (χ4n) is 4.57. The van der Waals surface area contributed by atoms with Crippen molar-refractivity contribution in [3.63, 3.8) is 0 Å². The highest BCUT2D eigenvalue weighted by Crippen LogP contribution is 2.43. The monoisotopic (exact) mass is 301 g/mol. The van der Waals surface area contributed by atoms with Gasteiger partial charge in [-0.1, -0.05) is 31.4 Å². The smallest absolute Gasteiger partial charge is 0.248 e. The van der Waals surface area contributed by atoms with Crippen LogP contribution in [0.5, 0.6) is 0 Å². The van der Waals surface area contributed by atoms with Gasteiger partial charge in [-0.05, 0) is 53.9 Å². The van der Waals surface area contributed by atoms with E-state index in [0.29, 0.717) is 11.8 Å². The number of nitrogens with zero attached hydrogens (tertiary/aromatic N) is 4. The molecule has 0 unspecified atom stereocenters. The maximum atomic E-state index is 12.9. The van der Waals surface area contributed by atoms with E-state index in [1.54, 1.807) is 11.0 Å². The summed E-state index contributed by atoms with van der Waals surface area (Å²) in [6.07, 6.45) is 13.7. The van der Waals surface area contributed by atoms with Crippen molar-refractivity contribution in [3.05, 3.63) is 18.5 Å². The van der Waals surface area contributed by atoms with Gasteiger partial charge in [0.05, 0.1) is 0 Å². The van der Waals surface area contributed by atoms with Crippen molar-refractivity contribution >= 4 is 5.91 Å². The van der Waals surface area contributed by atoms with Crippen LogP contribution in [0.25, 0.3) is 0 Å². The summed E-state index contributed by atoms with van der Waals surface area (Å²) in [5.74, 6) is 2.12. The SMILES string of the molecule is O=C(NC[C@H]1C[C@H]2C=C[C@@H]1C2)C1(n2cnnn2)CCCCC1. The Morgan fingerprint density at radius 3 is 2.73 bits per heavy atom. The zero-order valence-electron chi connectivity index (χ0n) is 12.8. The summed E-state index contributed by atoms with van der Waals surface area (Å²) in [7, 11) is 0. The summed E-state index contributed by atoms with van der Waals surface area (Å²) in [5, 5.41) is 14.7. The molecule has 118 valence electrons. The lowest BCUT2D eigenvalue weighted by molar-refractivity contribution is -0.132. The first-order valence-electron chi connectivity index (χ1n) is 8.48. The third-order valence-corrected chi connectivity index (χ3v) is 5.83. The zero-order chi connectivity index (χ0) is 15.0. The maximum Gasteiger partial charge on any atom is 0.248 e. The largest absolute Gasteiger partial charge is 0.354 e. The number of aromatic nitrogens is 4. The van der Waals surface area contributed by atoms with Crippen molar-refractivity contribution in [2.45, 2.75) is 50.5 Å². The van der Waals surface area contributed by atoms with Gasteiger partial charge in [-0.3, -0.25) is 4.79 Å². The highest BCUT2D eigenvalue weighted by Gasteiger charge is 2.43. The van der Waals surface area contributed by atoms with Crippen LogP contribution in [0.15, 0.2) is 18.5 Å². The van der Waals surface area contributed by atoms with Crippen LogP contribution >= 0.6 is 0 Å². The van der Waals surface area contributed by atoms with Crippen LogP contribution in [-0.4, -0.2) is 32.7 Å². The van der Waals surface area contributed by atoms with E-state index in [4.69, 9.17) is 0 Å². The maximum absolute atomic E-state index is 12.9. The second kappa shape index (κ2) is 5.48. The number of tetrazole rings is 1. The molecule has 0 saturated heterocycles. The molecular weight excluding hydrogens is 278 g/mol. The molecule has 3 atom stereocenters. The number of hydrogen-bond donors (Lipinski definition) is 1. The normalized spacial score (nSPS) is 32.3. The molecule has 2 bridgehead atoms. The fraction of sp³-hybridized carbons (Fsp3) is 0.750. The van der Waals surface area contributed by atoms with Gasteiger partial charge in [0, 0.05) is 6.54 Å². The van der Waals surface area contributed by atoms with Gasteiger partial charge < -0.3 is 5.32 Å². The van der Waals surface area contributed by atoms with Crippen molar-refractivity contribution in [2.24, 2.45) is 17.8 Å². The second-order valence-electron chi connectivity index (χ2n) is 7.10. The molecule has 0 aliphatic heterocycles. The van der Waals surface area contributed by atoms with Gasteiger partial charge in [-0.2, -0.15) is 0 Å². The lowest BCUT2D eigenvalue weighted by Gasteiger charge is -2.35. The van der Waals surface area contributed by atoms with Gasteiger partial charge in [0.1, 0.15) is 11.9 Å². The third kappa shape index (κ3) is 2.25. The molecule has 1 heterocycles. The number of nitrogens with one attached hydrogen (secondary N) is 1. The third-order valence-electron chi connectivity index (χ3n) is 5.83. The van der Waals surface area contributed by atoms with Crippen LogP contribution in [0.2, 0.25) is 0 Å². The molecule has 1 aromatic rings. The Balaban J connectivity index is 1.46. The Bertz CT molecular complexity index is 561. The van der Waals surface area contributed by atoms with E-state index in [0.717, 1.165) is 38.1 Å². The van der Waals surface area contributed by atoms with Crippen LogP contribution in [0.1, 0.15) is 44.9 Å². The Morgan fingerprint density at radius 2 is 2.09 bits per heavy atom. The predicted molar refractivity (Wildman–Crippen MR) is 80.7 cm³/mol. The van der Waals surface area contributed by atoms with Crippen molar-refractivity contribution in [2.75, 3.05) is 6.54 Å². The fourth-order valence-corrected chi connectivity index (χ4v) is 4.57. The quantitative estimate of drug-likeness (QED) is 0.859. The second-order valence-corrected chi connectivity index (χ2v) is 7.10. The van der Waals surface area contributed by atoms with Gasteiger partial charge in [-0.25, -0.2) is 4.68 Å². The van der Waals surface area contributed by atoms with Crippen molar-refractivity contribution in [1.29, 1.82) is 0 Å². The number of amides is 1. The lowest BCUT2D eigenvalue weighted by Crippen LogP contribution is -2.51. The van der Waals surface area contributed by atoms with E-state index in [2.05, 4.69) is 33.0 Å². The summed E-state index contributed by atoms with van der Waals surface area (Å²) in [6.45, 7) is 0.786. The lowest BCUT2D eigenvalue weighted by atomic mass is 9.80. The summed E-state index contributed by atoms with van der Waals surface area (Å²) in [4.78, 5) is 12.9. The molecule has 1 amide bonds. The number of rotatable bonds is 4. The van der Waals surface area contributed by atoms with E-state index < -0.39 is 5.54 Å². The molecule has 0 spiro atoms. The van der Waals surface area contributed by atoms with Crippen molar-refractivity contribution in [3.8, 4) is 0 Å². The molecule has 0 radical (unpaired) electrons. The average Bonchev–Trinajstić information content (AvgIpc) is 3.30. The highest BCUT2D eigenvalue weighted by molar-refractivity contribution is 5.84. The Labute approximate surface area is 130 Å². The minimum absolute atomic E-state index is 0.103. The molecule has 2 saturated carbocycles. The molecule has 4 rings (SSSR count). The molecule has 1 aromatic heterocycles. The molecule has 6 heteroatoms. The van der Waals surface area contributed by atoms with E-state index in [9.17, 15) is 4.79 Å². The highest BCUT2D eigenvalue weighted by atomic mass is 16.2. The van der Waals surface area contributed by atoms with Crippen molar-refractivity contribution in [1.82, 2.24) is 25.5 Å². The molecule has 1 N–H and O–H groups in total. The number of fused-ring (bicyclic) bond motifs is 2. The average molecular weight is 301 g/mol. The molecule has 3 aliphatic carbocycles. The molecule has 0 aromatic carbocycles. The first kappa shape index (κ1) is 13.9. The summed E-state index contributed by atoms with van der Waals surface area (Å²) >= 11 is 0. The molecule has 22 heavy (non-hydrogen) atoms. The van der Waals surface area contributed by atoms with Crippen LogP contribution < -0.4 is 5.32 Å². The van der Waals surface area contributed by atoms with Crippen LogP contribution in [0.3, 0.4) is 0 Å². The first-order valence-corrected chi connectivity index (χ1v) is 8.48. The minimum atomic E-state index is -0.574. The topological polar surface area (TPSA) is 72.7 Å². The van der Waals surface area contributed by atoms with Gasteiger partial charge in [0.15, 0.2) is 0 Å². The predicted octanol–water partition coefficient (Wildman–Crippen LogP) is 1.66. The molecule has 2 fully saturated rings.